The Labute approximate surface area is 123 Å². The maximum absolute atomic E-state index is 13.0. The van der Waals surface area contributed by atoms with Gasteiger partial charge in [0, 0.05) is 13.1 Å². The molecule has 1 aromatic heterocycles. The van der Waals surface area contributed by atoms with Gasteiger partial charge in [-0.25, -0.2) is 8.42 Å². The van der Waals surface area contributed by atoms with Crippen molar-refractivity contribution in [2.75, 3.05) is 13.1 Å². The van der Waals surface area contributed by atoms with Crippen molar-refractivity contribution < 1.29 is 17.7 Å². The van der Waals surface area contributed by atoms with Gasteiger partial charge in [-0.1, -0.05) is 5.16 Å². The van der Waals surface area contributed by atoms with Gasteiger partial charge in [0.1, 0.15) is 16.1 Å². The number of hydrogen-bond donors (Lipinski definition) is 1. The Morgan fingerprint density at radius 2 is 2.00 bits per heavy atom. The number of aromatic nitrogens is 1. The van der Waals surface area contributed by atoms with Gasteiger partial charge in [-0.3, -0.25) is 4.79 Å². The normalized spacial score (nSPS) is 27.2. The number of rotatable bonds is 2. The van der Waals surface area contributed by atoms with E-state index in [4.69, 9.17) is 4.52 Å². The van der Waals surface area contributed by atoms with Gasteiger partial charge < -0.3 is 9.84 Å². The number of carbonyl (C=O) groups is 1. The zero-order chi connectivity index (χ0) is 15.3. The van der Waals surface area contributed by atoms with Crippen LogP contribution in [0.1, 0.15) is 37.1 Å². The molecule has 1 N–H and O–H groups in total. The van der Waals surface area contributed by atoms with Crippen molar-refractivity contribution >= 4 is 15.9 Å². The fourth-order valence-corrected chi connectivity index (χ4v) is 5.62. The highest BCUT2D eigenvalue weighted by Crippen LogP contribution is 2.40. The standard InChI is InChI=1S/C13H19N3O4S/c1-9-11(10(2)20-15-9)21(18,19)16-8-4-6-13(16)5-3-7-14-12(13)17/h3-8H2,1-2H3,(H,14,17). The van der Waals surface area contributed by atoms with E-state index >= 15 is 0 Å². The lowest BCUT2D eigenvalue weighted by Crippen LogP contribution is -2.60. The van der Waals surface area contributed by atoms with Gasteiger partial charge >= 0.3 is 0 Å². The highest BCUT2D eigenvalue weighted by Gasteiger charge is 2.54. The number of amides is 1. The predicted molar refractivity (Wildman–Crippen MR) is 74.1 cm³/mol. The zero-order valence-corrected chi connectivity index (χ0v) is 13.0. The Bertz CT molecular complexity index is 662. The van der Waals surface area contributed by atoms with E-state index in [1.165, 1.54) is 4.31 Å². The lowest BCUT2D eigenvalue weighted by Gasteiger charge is -2.39. The van der Waals surface area contributed by atoms with Crippen LogP contribution in [0.3, 0.4) is 0 Å². The molecule has 1 unspecified atom stereocenters. The van der Waals surface area contributed by atoms with Crippen molar-refractivity contribution in [3.63, 3.8) is 0 Å². The average molecular weight is 313 g/mol. The summed E-state index contributed by atoms with van der Waals surface area (Å²) in [6, 6.07) is 0. The molecule has 2 aliphatic heterocycles. The minimum atomic E-state index is -3.78. The number of sulfonamides is 1. The second-order valence-corrected chi connectivity index (χ2v) is 7.52. The summed E-state index contributed by atoms with van der Waals surface area (Å²) in [6.07, 6.45) is 2.62. The van der Waals surface area contributed by atoms with Crippen molar-refractivity contribution in [1.29, 1.82) is 0 Å². The van der Waals surface area contributed by atoms with Crippen molar-refractivity contribution in [2.24, 2.45) is 0 Å². The largest absolute Gasteiger partial charge is 0.360 e. The van der Waals surface area contributed by atoms with Crippen molar-refractivity contribution in [3.8, 4) is 0 Å². The van der Waals surface area contributed by atoms with Gasteiger partial charge in [-0.05, 0) is 39.5 Å². The van der Waals surface area contributed by atoms with E-state index in [9.17, 15) is 13.2 Å². The summed E-state index contributed by atoms with van der Waals surface area (Å²) in [6.45, 7) is 4.16. The van der Waals surface area contributed by atoms with Crippen LogP contribution >= 0.6 is 0 Å². The van der Waals surface area contributed by atoms with Crippen molar-refractivity contribution in [1.82, 2.24) is 14.8 Å². The molecule has 0 saturated carbocycles. The summed E-state index contributed by atoms with van der Waals surface area (Å²) < 4.78 is 32.4. The first-order valence-electron chi connectivity index (χ1n) is 7.13. The summed E-state index contributed by atoms with van der Waals surface area (Å²) in [5.41, 5.74) is -0.599. The van der Waals surface area contributed by atoms with Crippen LogP contribution in [-0.4, -0.2) is 42.4 Å². The van der Waals surface area contributed by atoms with Gasteiger partial charge in [-0.2, -0.15) is 4.31 Å². The molecule has 1 amide bonds. The van der Waals surface area contributed by atoms with Gasteiger partial charge in [0.2, 0.25) is 15.9 Å². The fraction of sp³-hybridized carbons (Fsp3) is 0.692. The summed E-state index contributed by atoms with van der Waals surface area (Å²) >= 11 is 0. The topological polar surface area (TPSA) is 92.5 Å². The van der Waals surface area contributed by atoms with Crippen LogP contribution in [0.5, 0.6) is 0 Å². The molecular formula is C13H19N3O4S. The Morgan fingerprint density at radius 1 is 1.29 bits per heavy atom. The molecule has 1 atom stereocenters. The number of hydrogen-bond acceptors (Lipinski definition) is 5. The molecule has 0 bridgehead atoms. The van der Waals surface area contributed by atoms with Crippen molar-refractivity contribution in [3.05, 3.63) is 11.5 Å². The third-order valence-corrected chi connectivity index (χ3v) is 6.63. The Morgan fingerprint density at radius 3 is 2.62 bits per heavy atom. The molecule has 1 spiro atoms. The summed E-state index contributed by atoms with van der Waals surface area (Å²) in [4.78, 5) is 12.5. The van der Waals surface area contributed by atoms with E-state index in [0.29, 0.717) is 38.0 Å². The molecular weight excluding hydrogens is 294 g/mol. The Hall–Kier alpha value is -1.41. The molecule has 2 fully saturated rings. The molecule has 1 aromatic rings. The summed E-state index contributed by atoms with van der Waals surface area (Å²) in [5, 5.41) is 6.53. The first-order valence-corrected chi connectivity index (χ1v) is 8.58. The SMILES string of the molecule is Cc1noc(C)c1S(=O)(=O)N1CCCC12CCCNC2=O. The molecule has 116 valence electrons. The maximum Gasteiger partial charge on any atom is 0.249 e. The number of nitrogens with zero attached hydrogens (tertiary/aromatic N) is 2. The van der Waals surface area contributed by atoms with Gasteiger partial charge in [0.05, 0.1) is 0 Å². The minimum absolute atomic E-state index is 0.0992. The quantitative estimate of drug-likeness (QED) is 0.868. The van der Waals surface area contributed by atoms with Crippen LogP contribution in [-0.2, 0) is 14.8 Å². The molecule has 2 aliphatic rings. The van der Waals surface area contributed by atoms with E-state index in [1.807, 2.05) is 0 Å². The van der Waals surface area contributed by atoms with Gasteiger partial charge in [0.25, 0.3) is 0 Å². The number of nitrogens with one attached hydrogen (secondary N) is 1. The molecule has 2 saturated heterocycles. The third-order valence-electron chi connectivity index (χ3n) is 4.42. The number of carbonyl (C=O) groups excluding carboxylic acids is 1. The maximum atomic E-state index is 13.0. The summed E-state index contributed by atoms with van der Waals surface area (Å²) in [7, 11) is -3.78. The van der Waals surface area contributed by atoms with E-state index in [0.717, 1.165) is 6.42 Å². The molecule has 8 heteroatoms. The van der Waals surface area contributed by atoms with Crippen LogP contribution in [0.15, 0.2) is 9.42 Å². The van der Waals surface area contributed by atoms with Crippen LogP contribution in [0, 0.1) is 13.8 Å². The van der Waals surface area contributed by atoms with Crippen LogP contribution in [0.2, 0.25) is 0 Å². The minimum Gasteiger partial charge on any atom is -0.360 e. The van der Waals surface area contributed by atoms with E-state index < -0.39 is 15.6 Å². The van der Waals surface area contributed by atoms with Crippen LogP contribution in [0.25, 0.3) is 0 Å². The highest BCUT2D eigenvalue weighted by molar-refractivity contribution is 7.89. The van der Waals surface area contributed by atoms with Crippen LogP contribution < -0.4 is 5.32 Å². The molecule has 0 radical (unpaired) electrons. The van der Waals surface area contributed by atoms with E-state index in [2.05, 4.69) is 10.5 Å². The number of piperidine rings is 1. The highest BCUT2D eigenvalue weighted by atomic mass is 32.2. The first-order chi connectivity index (χ1) is 9.89. The molecule has 0 aromatic carbocycles. The first kappa shape index (κ1) is 14.5. The molecule has 7 nitrogen and oxygen atoms in total. The second kappa shape index (κ2) is 4.81. The monoisotopic (exact) mass is 313 g/mol. The Kier molecular flexibility index (Phi) is 3.32. The third kappa shape index (κ3) is 2.00. The number of aryl methyl sites for hydroxylation is 2. The molecule has 3 rings (SSSR count). The van der Waals surface area contributed by atoms with E-state index in [1.54, 1.807) is 13.8 Å². The summed E-state index contributed by atoms with van der Waals surface area (Å²) in [5.74, 6) is 0.0901. The zero-order valence-electron chi connectivity index (χ0n) is 12.2. The smallest absolute Gasteiger partial charge is 0.249 e. The second-order valence-electron chi connectivity index (χ2n) is 5.73. The van der Waals surface area contributed by atoms with Gasteiger partial charge in [-0.15, -0.1) is 0 Å². The average Bonchev–Trinajstić information content (AvgIpc) is 2.99. The Balaban J connectivity index is 2.08. The fourth-order valence-electron chi connectivity index (χ4n) is 3.49. The van der Waals surface area contributed by atoms with Crippen LogP contribution in [0.4, 0.5) is 0 Å². The predicted octanol–water partition coefficient (Wildman–Crippen LogP) is 0.725. The molecule has 21 heavy (non-hydrogen) atoms. The van der Waals surface area contributed by atoms with Crippen molar-refractivity contribution in [2.45, 2.75) is 50.0 Å². The molecule has 0 aliphatic carbocycles. The lowest BCUT2D eigenvalue weighted by molar-refractivity contribution is -0.131. The lowest BCUT2D eigenvalue weighted by atomic mass is 9.88. The van der Waals surface area contributed by atoms with E-state index in [-0.39, 0.29) is 16.6 Å². The van der Waals surface area contributed by atoms with Gasteiger partial charge in [0.15, 0.2) is 5.76 Å². The molecule has 3 heterocycles.